The fourth-order valence-corrected chi connectivity index (χ4v) is 12.0. The van der Waals surface area contributed by atoms with E-state index in [-0.39, 0.29) is 18.9 Å². The maximum atomic E-state index is 13.3. The van der Waals surface area contributed by atoms with E-state index in [1.807, 2.05) is 6.08 Å². The lowest BCUT2D eigenvalue weighted by Crippen LogP contribution is -2.65. The number of carbonyl (C=O) groups is 1. The van der Waals surface area contributed by atoms with Gasteiger partial charge >= 0.3 is 0 Å². The first-order valence-corrected chi connectivity index (χ1v) is 38.0. The highest BCUT2D eigenvalue weighted by molar-refractivity contribution is 5.76. The SMILES string of the molecule is CC/C=C\C/C=C\C/C=C\C/C=C\C/C=C\C/C=C\C/C=C\CCCCCCCCCCCCCCCCCCCCCC(=O)NC(COC1OC(CO)C(OC2OC(CO)C(O)C(O)C2O)C(O)C1O)C(O)/C=C/CCCCCCCCCCCCCCCCCC. The molecular formula is C79H139NO13. The van der Waals surface area contributed by atoms with Gasteiger partial charge in [-0.2, -0.15) is 0 Å². The maximum Gasteiger partial charge on any atom is 0.220 e. The minimum Gasteiger partial charge on any atom is -0.394 e. The lowest BCUT2D eigenvalue weighted by Gasteiger charge is -2.46. The van der Waals surface area contributed by atoms with Gasteiger partial charge in [0.1, 0.15) is 48.8 Å². The van der Waals surface area contributed by atoms with Crippen molar-refractivity contribution in [2.75, 3.05) is 19.8 Å². The number of hydrogen-bond acceptors (Lipinski definition) is 13. The van der Waals surface area contributed by atoms with E-state index in [1.54, 1.807) is 6.08 Å². The van der Waals surface area contributed by atoms with Gasteiger partial charge < -0.3 is 65.1 Å². The van der Waals surface area contributed by atoms with Crippen LogP contribution in [0.15, 0.2) is 97.2 Å². The molecule has 0 spiro atoms. The number of hydrogen-bond donors (Lipinski definition) is 9. The van der Waals surface area contributed by atoms with Crippen LogP contribution in [0.3, 0.4) is 0 Å². The number of allylic oxidation sites excluding steroid dienone is 15. The van der Waals surface area contributed by atoms with Crippen LogP contribution < -0.4 is 5.32 Å². The largest absolute Gasteiger partial charge is 0.394 e. The number of ether oxygens (including phenoxy) is 4. The number of aliphatic hydroxyl groups excluding tert-OH is 8. The Kier molecular flexibility index (Phi) is 57.7. The topological polar surface area (TPSA) is 228 Å². The van der Waals surface area contributed by atoms with Crippen LogP contribution in [-0.4, -0.2) is 140 Å². The summed E-state index contributed by atoms with van der Waals surface area (Å²) < 4.78 is 22.9. The van der Waals surface area contributed by atoms with Crippen LogP contribution in [0.25, 0.3) is 0 Å². The molecule has 0 aromatic carbocycles. The van der Waals surface area contributed by atoms with Crippen LogP contribution in [0.5, 0.6) is 0 Å². The monoisotopic (exact) mass is 1310 g/mol. The molecule has 2 saturated heterocycles. The molecule has 0 aromatic rings. The average molecular weight is 1310 g/mol. The molecule has 93 heavy (non-hydrogen) atoms. The van der Waals surface area contributed by atoms with Gasteiger partial charge in [0.25, 0.3) is 0 Å². The molecule has 0 aliphatic carbocycles. The van der Waals surface area contributed by atoms with Crippen molar-refractivity contribution in [3.8, 4) is 0 Å². The predicted octanol–water partition coefficient (Wildman–Crippen LogP) is 16.5. The Bertz CT molecular complexity index is 1930. The number of amides is 1. The van der Waals surface area contributed by atoms with Gasteiger partial charge in [-0.05, 0) is 77.0 Å². The number of rotatable bonds is 62. The molecule has 14 heteroatoms. The molecule has 538 valence electrons. The molecule has 0 bridgehead atoms. The normalized spacial score (nSPS) is 23.1. The zero-order valence-corrected chi connectivity index (χ0v) is 58.7. The zero-order valence-electron chi connectivity index (χ0n) is 58.7. The lowest BCUT2D eigenvalue weighted by atomic mass is 9.97. The van der Waals surface area contributed by atoms with Gasteiger partial charge in [0.2, 0.25) is 5.91 Å². The van der Waals surface area contributed by atoms with Gasteiger partial charge in [-0.1, -0.05) is 317 Å². The molecule has 12 atom stereocenters. The Morgan fingerprint density at radius 1 is 0.398 bits per heavy atom. The third kappa shape index (κ3) is 45.9. The van der Waals surface area contributed by atoms with Gasteiger partial charge in [-0.25, -0.2) is 0 Å². The Balaban J connectivity index is 1.58. The average Bonchev–Trinajstić information content (AvgIpc) is 0.958. The van der Waals surface area contributed by atoms with E-state index >= 15 is 0 Å². The second-order valence-corrected chi connectivity index (χ2v) is 26.4. The molecular weight excluding hydrogens is 1170 g/mol. The summed E-state index contributed by atoms with van der Waals surface area (Å²) >= 11 is 0. The molecule has 0 radical (unpaired) electrons. The van der Waals surface area contributed by atoms with E-state index in [0.717, 1.165) is 83.5 Å². The van der Waals surface area contributed by atoms with E-state index < -0.39 is 86.8 Å². The van der Waals surface area contributed by atoms with E-state index in [2.05, 4.69) is 104 Å². The fraction of sp³-hybridized carbons (Fsp3) is 0.785. The summed E-state index contributed by atoms with van der Waals surface area (Å²) in [6.45, 7) is 2.71. The predicted molar refractivity (Wildman–Crippen MR) is 383 cm³/mol. The highest BCUT2D eigenvalue weighted by Gasteiger charge is 2.51. The molecule has 0 aromatic heterocycles. The summed E-state index contributed by atoms with van der Waals surface area (Å²) in [4.78, 5) is 13.3. The van der Waals surface area contributed by atoms with Crippen LogP contribution in [-0.2, 0) is 23.7 Å². The van der Waals surface area contributed by atoms with Crippen molar-refractivity contribution in [3.05, 3.63) is 97.2 Å². The van der Waals surface area contributed by atoms with Gasteiger partial charge in [0.15, 0.2) is 12.6 Å². The van der Waals surface area contributed by atoms with Crippen molar-refractivity contribution in [1.29, 1.82) is 0 Å². The number of carbonyl (C=O) groups excluding carboxylic acids is 1. The standard InChI is InChI=1S/C79H139NO13/c1-3-5-7-9-11-13-15-17-19-21-23-24-25-26-27-28-29-30-31-32-33-34-35-36-37-38-39-40-41-42-43-44-45-47-49-51-53-55-57-59-61-63-71(84)80-67(68(83)62-60-58-56-54-52-50-48-46-22-20-18-16-14-12-10-8-6-4-2)66-90-78-76(89)74(87)77(70(65-82)92-78)93-79-75(88)73(86)72(85)69(64-81)91-79/h5,7,11,13,17,19,23-24,26-27,29-30,32-33,60,62,67-70,72-79,81-83,85-89H,3-4,6,8-10,12,14-16,18,20-22,25,28,31,34-59,61,63-66H2,1-2H3,(H,80,84)/b7-5-,13-11-,19-17-,24-23-,27-26-,30-29-,33-32-,62-60+. The molecule has 2 fully saturated rings. The van der Waals surface area contributed by atoms with Gasteiger partial charge in [0, 0.05) is 6.42 Å². The first-order chi connectivity index (χ1) is 45.6. The van der Waals surface area contributed by atoms with Crippen molar-refractivity contribution in [1.82, 2.24) is 5.32 Å². The first-order valence-electron chi connectivity index (χ1n) is 38.0. The Morgan fingerprint density at radius 2 is 0.742 bits per heavy atom. The van der Waals surface area contributed by atoms with Crippen LogP contribution >= 0.6 is 0 Å². The number of aliphatic hydroxyl groups is 8. The highest BCUT2D eigenvalue weighted by Crippen LogP contribution is 2.30. The van der Waals surface area contributed by atoms with Crippen molar-refractivity contribution < 1.29 is 64.6 Å². The molecule has 1 amide bonds. The van der Waals surface area contributed by atoms with Crippen molar-refractivity contribution in [2.24, 2.45) is 0 Å². The molecule has 2 heterocycles. The minimum atomic E-state index is -1.79. The summed E-state index contributed by atoms with van der Waals surface area (Å²) in [5.74, 6) is -0.237. The van der Waals surface area contributed by atoms with Crippen LogP contribution in [0.2, 0.25) is 0 Å². The Labute approximate surface area is 566 Å². The van der Waals surface area contributed by atoms with Crippen LogP contribution in [0.1, 0.15) is 303 Å². The lowest BCUT2D eigenvalue weighted by molar-refractivity contribution is -0.359. The molecule has 2 aliphatic heterocycles. The van der Waals surface area contributed by atoms with Gasteiger partial charge in [-0.3, -0.25) is 4.79 Å². The molecule has 2 aliphatic rings. The zero-order chi connectivity index (χ0) is 67.3. The van der Waals surface area contributed by atoms with Crippen molar-refractivity contribution in [3.63, 3.8) is 0 Å². The Hall–Kier alpha value is -3.09. The van der Waals surface area contributed by atoms with Crippen molar-refractivity contribution in [2.45, 2.75) is 376 Å². The summed E-state index contributed by atoms with van der Waals surface area (Å²) in [6, 6.07) is -0.918. The fourth-order valence-electron chi connectivity index (χ4n) is 12.0. The summed E-state index contributed by atoms with van der Waals surface area (Å²) in [5.41, 5.74) is 0. The Morgan fingerprint density at radius 3 is 1.14 bits per heavy atom. The highest BCUT2D eigenvalue weighted by atomic mass is 16.7. The van der Waals surface area contributed by atoms with E-state index in [1.165, 1.54) is 193 Å². The van der Waals surface area contributed by atoms with Crippen molar-refractivity contribution >= 4 is 5.91 Å². The molecule has 0 saturated carbocycles. The molecule has 14 nitrogen and oxygen atoms in total. The molecule has 2 rings (SSSR count). The molecule has 12 unspecified atom stereocenters. The quantitative estimate of drug-likeness (QED) is 0.0204. The van der Waals surface area contributed by atoms with E-state index in [9.17, 15) is 45.6 Å². The second kappa shape index (κ2) is 62.4. The number of unbranched alkanes of at least 4 members (excludes halogenated alkanes) is 35. The number of nitrogens with one attached hydrogen (secondary N) is 1. The summed E-state index contributed by atoms with van der Waals surface area (Å²) in [5, 5.41) is 87.5. The van der Waals surface area contributed by atoms with Gasteiger partial charge in [-0.15, -0.1) is 0 Å². The van der Waals surface area contributed by atoms with E-state index in [4.69, 9.17) is 18.9 Å². The van der Waals surface area contributed by atoms with Crippen LogP contribution in [0, 0.1) is 0 Å². The maximum absolute atomic E-state index is 13.3. The van der Waals surface area contributed by atoms with Crippen LogP contribution in [0.4, 0.5) is 0 Å². The second-order valence-electron chi connectivity index (χ2n) is 26.4. The summed E-state index contributed by atoms with van der Waals surface area (Å²) in [6.07, 6.45) is 71.9. The first kappa shape index (κ1) is 86.0. The van der Waals surface area contributed by atoms with E-state index in [0.29, 0.717) is 6.42 Å². The third-order valence-electron chi connectivity index (χ3n) is 18.0. The third-order valence-corrected chi connectivity index (χ3v) is 18.0. The molecule has 9 N–H and O–H groups in total. The minimum absolute atomic E-state index is 0.237. The van der Waals surface area contributed by atoms with Gasteiger partial charge in [0.05, 0.1) is 32.0 Å². The summed E-state index contributed by atoms with van der Waals surface area (Å²) in [7, 11) is 0. The smallest absolute Gasteiger partial charge is 0.220 e.